The summed E-state index contributed by atoms with van der Waals surface area (Å²) in [6.45, 7) is 8.61. The lowest BCUT2D eigenvalue weighted by molar-refractivity contribution is -0.123. The first-order valence-electron chi connectivity index (χ1n) is 7.45. The number of carbonyl (C=O) groups excluding carboxylic acids is 1. The second-order valence-electron chi connectivity index (χ2n) is 5.95. The second-order valence-corrected chi connectivity index (χ2v) is 5.95. The van der Waals surface area contributed by atoms with Gasteiger partial charge in [0.25, 0.3) is 0 Å². The highest BCUT2D eigenvalue weighted by molar-refractivity contribution is 5.78. The summed E-state index contributed by atoms with van der Waals surface area (Å²) in [7, 11) is 0. The van der Waals surface area contributed by atoms with E-state index in [4.69, 9.17) is 0 Å². The molecule has 1 aromatic rings. The van der Waals surface area contributed by atoms with Crippen LogP contribution in [0, 0.1) is 12.7 Å². The fourth-order valence-electron chi connectivity index (χ4n) is 2.58. The Bertz CT molecular complexity index is 506. The molecule has 21 heavy (non-hydrogen) atoms. The third-order valence-electron chi connectivity index (χ3n) is 3.95. The minimum absolute atomic E-state index is 0.0120. The Morgan fingerprint density at radius 1 is 1.48 bits per heavy atom. The molecule has 0 aliphatic carbocycles. The maximum atomic E-state index is 13.2. The summed E-state index contributed by atoms with van der Waals surface area (Å²) >= 11 is 0. The molecule has 2 N–H and O–H groups in total. The van der Waals surface area contributed by atoms with Crippen molar-refractivity contribution in [3.63, 3.8) is 0 Å². The van der Waals surface area contributed by atoms with Crippen molar-refractivity contribution < 1.29 is 9.18 Å². The molecule has 0 aromatic heterocycles. The molecule has 1 aromatic carbocycles. The molecule has 0 saturated carbocycles. The molecule has 1 saturated heterocycles. The fourth-order valence-corrected chi connectivity index (χ4v) is 2.58. The Hall–Kier alpha value is -1.46. The molecule has 1 aliphatic heterocycles. The minimum Gasteiger partial charge on any atom is -0.351 e. The van der Waals surface area contributed by atoms with Gasteiger partial charge in [-0.1, -0.05) is 12.1 Å². The lowest BCUT2D eigenvalue weighted by Gasteiger charge is -2.36. The zero-order valence-electron chi connectivity index (χ0n) is 12.9. The average Bonchev–Trinajstić information content (AvgIpc) is 2.44. The van der Waals surface area contributed by atoms with Crippen LogP contribution in [-0.2, 0) is 11.3 Å². The number of piperazine rings is 1. The summed E-state index contributed by atoms with van der Waals surface area (Å²) in [5.74, 6) is -0.202. The van der Waals surface area contributed by atoms with E-state index in [0.29, 0.717) is 30.7 Å². The summed E-state index contributed by atoms with van der Waals surface area (Å²) < 4.78 is 13.2. The van der Waals surface area contributed by atoms with Crippen LogP contribution in [0.15, 0.2) is 18.2 Å². The van der Waals surface area contributed by atoms with E-state index in [-0.39, 0.29) is 11.7 Å². The van der Waals surface area contributed by atoms with Gasteiger partial charge < -0.3 is 10.6 Å². The van der Waals surface area contributed by atoms with E-state index in [2.05, 4.69) is 29.4 Å². The molecule has 5 heteroatoms. The maximum absolute atomic E-state index is 13.2. The van der Waals surface area contributed by atoms with E-state index in [0.717, 1.165) is 18.7 Å². The normalized spacial score (nSPS) is 23.0. The number of benzene rings is 1. The largest absolute Gasteiger partial charge is 0.351 e. The molecule has 1 aliphatic rings. The highest BCUT2D eigenvalue weighted by Gasteiger charge is 2.23. The van der Waals surface area contributed by atoms with Gasteiger partial charge in [-0.3, -0.25) is 9.69 Å². The summed E-state index contributed by atoms with van der Waals surface area (Å²) in [5, 5.41) is 6.30. The molecular weight excluding hydrogens is 269 g/mol. The molecule has 0 radical (unpaired) electrons. The van der Waals surface area contributed by atoms with Crippen LogP contribution in [0.25, 0.3) is 0 Å². The lowest BCUT2D eigenvalue weighted by atomic mass is 10.1. The first kappa shape index (κ1) is 15.9. The van der Waals surface area contributed by atoms with Crippen molar-refractivity contribution in [2.45, 2.75) is 39.4 Å². The lowest BCUT2D eigenvalue weighted by Crippen LogP contribution is -2.56. The maximum Gasteiger partial charge on any atom is 0.234 e. The summed E-state index contributed by atoms with van der Waals surface area (Å²) in [6, 6.07) is 5.69. The van der Waals surface area contributed by atoms with Crippen molar-refractivity contribution in [3.8, 4) is 0 Å². The molecule has 4 nitrogen and oxygen atoms in total. The van der Waals surface area contributed by atoms with Gasteiger partial charge in [0.2, 0.25) is 5.91 Å². The van der Waals surface area contributed by atoms with Crippen LogP contribution in [0.2, 0.25) is 0 Å². The number of nitrogens with zero attached hydrogens (tertiary/aromatic N) is 1. The van der Waals surface area contributed by atoms with Crippen LogP contribution in [0.1, 0.15) is 25.0 Å². The van der Waals surface area contributed by atoms with Gasteiger partial charge >= 0.3 is 0 Å². The summed E-state index contributed by atoms with van der Waals surface area (Å²) in [5.41, 5.74) is 1.52. The third kappa shape index (κ3) is 4.51. The Kier molecular flexibility index (Phi) is 5.31. The van der Waals surface area contributed by atoms with Crippen LogP contribution in [0.3, 0.4) is 0 Å². The number of amides is 1. The van der Waals surface area contributed by atoms with Crippen molar-refractivity contribution in [1.82, 2.24) is 15.5 Å². The molecular formula is C16H24FN3O. The smallest absolute Gasteiger partial charge is 0.234 e. The molecule has 0 spiro atoms. The Labute approximate surface area is 125 Å². The van der Waals surface area contributed by atoms with Crippen molar-refractivity contribution in [3.05, 3.63) is 35.1 Å². The molecule has 0 bridgehead atoms. The van der Waals surface area contributed by atoms with Crippen LogP contribution in [-0.4, -0.2) is 42.5 Å². The molecule has 2 unspecified atom stereocenters. The molecule has 116 valence electrons. The molecule has 1 heterocycles. The van der Waals surface area contributed by atoms with E-state index in [1.54, 1.807) is 19.1 Å². The van der Waals surface area contributed by atoms with Crippen LogP contribution in [0.4, 0.5) is 4.39 Å². The molecule has 1 fully saturated rings. The first-order chi connectivity index (χ1) is 9.95. The monoisotopic (exact) mass is 293 g/mol. The Morgan fingerprint density at radius 2 is 2.24 bits per heavy atom. The predicted molar refractivity (Wildman–Crippen MR) is 81.5 cm³/mol. The SMILES string of the molecule is Cc1cc(CNC(=O)CN2CC(C)NCC2C)ccc1F. The fraction of sp³-hybridized carbons (Fsp3) is 0.562. The van der Waals surface area contributed by atoms with Gasteiger partial charge in [-0.05, 0) is 38.0 Å². The van der Waals surface area contributed by atoms with Crippen molar-refractivity contribution >= 4 is 5.91 Å². The highest BCUT2D eigenvalue weighted by Crippen LogP contribution is 2.09. The van der Waals surface area contributed by atoms with Crippen molar-refractivity contribution in [1.29, 1.82) is 0 Å². The summed E-state index contributed by atoms with van der Waals surface area (Å²) in [4.78, 5) is 14.2. The number of carbonyl (C=O) groups is 1. The van der Waals surface area contributed by atoms with Crippen LogP contribution in [0.5, 0.6) is 0 Å². The standard InChI is InChI=1S/C16H24FN3O/c1-11-6-14(4-5-15(11)17)8-19-16(21)10-20-9-12(2)18-7-13(20)3/h4-6,12-13,18H,7-10H2,1-3H3,(H,19,21). The van der Waals surface area contributed by atoms with Gasteiger partial charge in [-0.15, -0.1) is 0 Å². The number of nitrogens with one attached hydrogen (secondary N) is 2. The first-order valence-corrected chi connectivity index (χ1v) is 7.45. The highest BCUT2D eigenvalue weighted by atomic mass is 19.1. The molecule has 2 rings (SSSR count). The molecule has 2 atom stereocenters. The Morgan fingerprint density at radius 3 is 2.95 bits per heavy atom. The summed E-state index contributed by atoms with van der Waals surface area (Å²) in [6.07, 6.45) is 0. The Balaban J connectivity index is 1.82. The number of hydrogen-bond acceptors (Lipinski definition) is 3. The van der Waals surface area contributed by atoms with Crippen LogP contribution >= 0.6 is 0 Å². The van der Waals surface area contributed by atoms with E-state index < -0.39 is 0 Å². The quantitative estimate of drug-likeness (QED) is 0.883. The minimum atomic E-state index is -0.214. The molecule has 1 amide bonds. The van der Waals surface area contributed by atoms with E-state index >= 15 is 0 Å². The van der Waals surface area contributed by atoms with E-state index in [1.807, 2.05) is 0 Å². The number of rotatable bonds is 4. The number of aryl methyl sites for hydroxylation is 1. The average molecular weight is 293 g/mol. The third-order valence-corrected chi connectivity index (χ3v) is 3.95. The zero-order chi connectivity index (χ0) is 15.4. The van der Waals surface area contributed by atoms with Gasteiger partial charge in [0.1, 0.15) is 5.82 Å². The van der Waals surface area contributed by atoms with Crippen molar-refractivity contribution in [2.24, 2.45) is 0 Å². The second kappa shape index (κ2) is 7.00. The van der Waals surface area contributed by atoms with E-state index in [9.17, 15) is 9.18 Å². The van der Waals surface area contributed by atoms with Gasteiger partial charge in [0, 0.05) is 31.7 Å². The van der Waals surface area contributed by atoms with Crippen LogP contribution < -0.4 is 10.6 Å². The van der Waals surface area contributed by atoms with Gasteiger partial charge in [0.05, 0.1) is 6.54 Å². The predicted octanol–water partition coefficient (Wildman–Crippen LogP) is 1.43. The van der Waals surface area contributed by atoms with E-state index in [1.165, 1.54) is 6.07 Å². The van der Waals surface area contributed by atoms with Gasteiger partial charge in [0.15, 0.2) is 0 Å². The van der Waals surface area contributed by atoms with Gasteiger partial charge in [-0.25, -0.2) is 4.39 Å². The number of halogens is 1. The van der Waals surface area contributed by atoms with Crippen molar-refractivity contribution in [2.75, 3.05) is 19.6 Å². The zero-order valence-corrected chi connectivity index (χ0v) is 12.9. The van der Waals surface area contributed by atoms with Gasteiger partial charge in [-0.2, -0.15) is 0 Å². The number of hydrogen-bond donors (Lipinski definition) is 2. The topological polar surface area (TPSA) is 44.4 Å².